The molecular formula is C15H28O2. The first kappa shape index (κ1) is 13.4. The molecule has 0 bridgehead atoms. The van der Waals surface area contributed by atoms with Gasteiger partial charge in [0, 0.05) is 12.5 Å². The highest BCUT2D eigenvalue weighted by atomic mass is 16.7. The molecule has 0 spiro atoms. The third kappa shape index (κ3) is 2.15. The zero-order valence-electron chi connectivity index (χ0n) is 12.3. The van der Waals surface area contributed by atoms with Gasteiger partial charge in [-0.15, -0.1) is 0 Å². The van der Waals surface area contributed by atoms with Crippen molar-refractivity contribution in [1.29, 1.82) is 0 Å². The SMILES string of the molecule is COC1O[C@]2(C)CCCC(C)(C)[C@H]2CC1(C)C. The van der Waals surface area contributed by atoms with Crippen molar-refractivity contribution in [2.45, 2.75) is 72.2 Å². The van der Waals surface area contributed by atoms with E-state index in [0.717, 1.165) is 0 Å². The first-order chi connectivity index (χ1) is 7.71. The second-order valence-electron chi connectivity index (χ2n) is 7.59. The van der Waals surface area contributed by atoms with Crippen molar-refractivity contribution in [2.24, 2.45) is 16.7 Å². The number of hydrogen-bond acceptors (Lipinski definition) is 2. The summed E-state index contributed by atoms with van der Waals surface area (Å²) < 4.78 is 11.9. The number of hydrogen-bond donors (Lipinski definition) is 0. The van der Waals surface area contributed by atoms with E-state index >= 15 is 0 Å². The third-order valence-electron chi connectivity index (χ3n) is 5.13. The third-order valence-corrected chi connectivity index (χ3v) is 5.13. The lowest BCUT2D eigenvalue weighted by atomic mass is 9.56. The second kappa shape index (κ2) is 3.96. The normalized spacial score (nSPS) is 44.1. The topological polar surface area (TPSA) is 18.5 Å². The fourth-order valence-corrected chi connectivity index (χ4v) is 4.10. The molecule has 1 saturated heterocycles. The Bertz CT molecular complexity index is 295. The fraction of sp³-hybridized carbons (Fsp3) is 1.00. The highest BCUT2D eigenvalue weighted by Crippen LogP contribution is 2.57. The predicted octanol–water partition coefficient (Wildman–Crippen LogP) is 3.99. The predicted molar refractivity (Wildman–Crippen MR) is 69.8 cm³/mol. The molecule has 1 aliphatic carbocycles. The number of ether oxygens (including phenoxy) is 2. The molecule has 0 radical (unpaired) electrons. The lowest BCUT2D eigenvalue weighted by molar-refractivity contribution is -0.311. The van der Waals surface area contributed by atoms with Crippen LogP contribution >= 0.6 is 0 Å². The minimum atomic E-state index is -0.0577. The summed E-state index contributed by atoms with van der Waals surface area (Å²) in [6, 6.07) is 0. The fourth-order valence-electron chi connectivity index (χ4n) is 4.10. The van der Waals surface area contributed by atoms with E-state index in [4.69, 9.17) is 9.47 Å². The van der Waals surface area contributed by atoms with E-state index in [0.29, 0.717) is 11.3 Å². The van der Waals surface area contributed by atoms with E-state index in [1.165, 1.54) is 25.7 Å². The average Bonchev–Trinajstić information content (AvgIpc) is 2.19. The molecule has 1 heterocycles. The monoisotopic (exact) mass is 240 g/mol. The van der Waals surface area contributed by atoms with Gasteiger partial charge in [0.2, 0.25) is 0 Å². The largest absolute Gasteiger partial charge is 0.355 e. The molecule has 0 amide bonds. The van der Waals surface area contributed by atoms with Crippen LogP contribution in [-0.4, -0.2) is 19.0 Å². The molecule has 2 nitrogen and oxygen atoms in total. The second-order valence-corrected chi connectivity index (χ2v) is 7.59. The van der Waals surface area contributed by atoms with E-state index in [1.807, 2.05) is 0 Å². The molecule has 2 fully saturated rings. The Balaban J connectivity index is 2.30. The highest BCUT2D eigenvalue weighted by molar-refractivity contribution is 5.03. The molecule has 2 rings (SSSR count). The Morgan fingerprint density at radius 2 is 1.65 bits per heavy atom. The molecular weight excluding hydrogens is 212 g/mol. The molecule has 2 aliphatic rings. The van der Waals surface area contributed by atoms with Crippen molar-refractivity contribution in [3.8, 4) is 0 Å². The van der Waals surface area contributed by atoms with Crippen molar-refractivity contribution >= 4 is 0 Å². The summed E-state index contributed by atoms with van der Waals surface area (Å²) in [5.74, 6) is 0.644. The summed E-state index contributed by atoms with van der Waals surface area (Å²) in [5, 5.41) is 0. The Morgan fingerprint density at radius 1 is 1.00 bits per heavy atom. The van der Waals surface area contributed by atoms with Gasteiger partial charge in [-0.25, -0.2) is 0 Å². The lowest BCUT2D eigenvalue weighted by Crippen LogP contribution is -2.59. The molecule has 3 atom stereocenters. The zero-order valence-corrected chi connectivity index (χ0v) is 12.3. The Kier molecular flexibility index (Phi) is 3.11. The minimum absolute atomic E-state index is 0.0119. The van der Waals surface area contributed by atoms with Crippen LogP contribution in [-0.2, 0) is 9.47 Å². The van der Waals surface area contributed by atoms with Crippen LogP contribution in [0.4, 0.5) is 0 Å². The van der Waals surface area contributed by atoms with Gasteiger partial charge in [-0.1, -0.05) is 34.1 Å². The van der Waals surface area contributed by atoms with E-state index in [9.17, 15) is 0 Å². The van der Waals surface area contributed by atoms with Gasteiger partial charge in [0.1, 0.15) is 0 Å². The number of fused-ring (bicyclic) bond motifs is 1. The Labute approximate surface area is 106 Å². The zero-order chi connectivity index (χ0) is 12.9. The first-order valence-corrected chi connectivity index (χ1v) is 6.92. The van der Waals surface area contributed by atoms with Crippen molar-refractivity contribution in [3.05, 3.63) is 0 Å². The van der Waals surface area contributed by atoms with Crippen molar-refractivity contribution in [1.82, 2.24) is 0 Å². The van der Waals surface area contributed by atoms with Crippen LogP contribution in [0.3, 0.4) is 0 Å². The molecule has 1 unspecified atom stereocenters. The Hall–Kier alpha value is -0.0800. The molecule has 1 aliphatic heterocycles. The van der Waals surface area contributed by atoms with Crippen LogP contribution in [0.15, 0.2) is 0 Å². The van der Waals surface area contributed by atoms with Crippen LogP contribution < -0.4 is 0 Å². The summed E-state index contributed by atoms with van der Waals surface area (Å²) in [5.41, 5.74) is 0.522. The van der Waals surface area contributed by atoms with Gasteiger partial charge in [0.25, 0.3) is 0 Å². The highest BCUT2D eigenvalue weighted by Gasteiger charge is 2.55. The van der Waals surface area contributed by atoms with Gasteiger partial charge in [0.05, 0.1) is 5.60 Å². The van der Waals surface area contributed by atoms with Crippen molar-refractivity contribution in [2.75, 3.05) is 7.11 Å². The summed E-state index contributed by atoms with van der Waals surface area (Å²) in [7, 11) is 1.77. The molecule has 1 saturated carbocycles. The van der Waals surface area contributed by atoms with E-state index in [1.54, 1.807) is 7.11 Å². The maximum atomic E-state index is 6.36. The smallest absolute Gasteiger partial charge is 0.162 e. The van der Waals surface area contributed by atoms with Crippen molar-refractivity contribution < 1.29 is 9.47 Å². The quantitative estimate of drug-likeness (QED) is 0.690. The number of rotatable bonds is 1. The number of methoxy groups -OCH3 is 1. The van der Waals surface area contributed by atoms with Gasteiger partial charge in [-0.2, -0.15) is 0 Å². The van der Waals surface area contributed by atoms with Crippen LogP contribution in [0, 0.1) is 16.7 Å². The Morgan fingerprint density at radius 3 is 2.24 bits per heavy atom. The van der Waals surface area contributed by atoms with E-state index in [2.05, 4.69) is 34.6 Å². The van der Waals surface area contributed by atoms with Crippen LogP contribution in [0.25, 0.3) is 0 Å². The summed E-state index contributed by atoms with van der Waals surface area (Å²) >= 11 is 0. The van der Waals surface area contributed by atoms with E-state index < -0.39 is 0 Å². The average molecular weight is 240 g/mol. The molecule has 17 heavy (non-hydrogen) atoms. The van der Waals surface area contributed by atoms with Crippen LogP contribution in [0.2, 0.25) is 0 Å². The van der Waals surface area contributed by atoms with Gasteiger partial charge in [0.15, 0.2) is 6.29 Å². The van der Waals surface area contributed by atoms with Gasteiger partial charge in [-0.05, 0) is 37.5 Å². The first-order valence-electron chi connectivity index (χ1n) is 6.92. The van der Waals surface area contributed by atoms with Crippen LogP contribution in [0.1, 0.15) is 60.3 Å². The molecule has 0 N–H and O–H groups in total. The van der Waals surface area contributed by atoms with E-state index in [-0.39, 0.29) is 17.3 Å². The summed E-state index contributed by atoms with van der Waals surface area (Å²) in [4.78, 5) is 0. The van der Waals surface area contributed by atoms with Gasteiger partial charge in [-0.3, -0.25) is 0 Å². The van der Waals surface area contributed by atoms with Crippen molar-refractivity contribution in [3.63, 3.8) is 0 Å². The van der Waals surface area contributed by atoms with Crippen LogP contribution in [0.5, 0.6) is 0 Å². The molecule has 0 aromatic rings. The molecule has 0 aromatic carbocycles. The lowest BCUT2D eigenvalue weighted by Gasteiger charge is -2.58. The maximum Gasteiger partial charge on any atom is 0.162 e. The molecule has 2 heteroatoms. The molecule has 0 aromatic heterocycles. The standard InChI is InChI=1S/C15H28O2/c1-13(2)8-7-9-15(5)11(13)10-14(3,4)12(16-6)17-15/h11-12H,7-10H2,1-6H3/t11-,12?,15-/m1/s1. The maximum absolute atomic E-state index is 6.36. The van der Waals surface area contributed by atoms with Gasteiger partial charge < -0.3 is 9.47 Å². The van der Waals surface area contributed by atoms with Gasteiger partial charge >= 0.3 is 0 Å². The molecule has 100 valence electrons. The minimum Gasteiger partial charge on any atom is -0.355 e. The summed E-state index contributed by atoms with van der Waals surface area (Å²) in [6.45, 7) is 11.6. The summed E-state index contributed by atoms with van der Waals surface area (Å²) in [6.07, 6.45) is 4.92.